The van der Waals surface area contributed by atoms with Crippen molar-refractivity contribution < 1.29 is 24.2 Å². The highest BCUT2D eigenvalue weighted by atomic mass is 16.5. The van der Waals surface area contributed by atoms with E-state index in [4.69, 9.17) is 9.84 Å². The molecule has 0 spiro atoms. The zero-order valence-corrected chi connectivity index (χ0v) is 15.6. The van der Waals surface area contributed by atoms with Crippen LogP contribution in [0.5, 0.6) is 0 Å². The summed E-state index contributed by atoms with van der Waals surface area (Å²) in [5, 5.41) is 15.1. The maximum absolute atomic E-state index is 12.4. The van der Waals surface area contributed by atoms with Crippen molar-refractivity contribution in [1.29, 1.82) is 0 Å². The van der Waals surface area contributed by atoms with Gasteiger partial charge in [0.05, 0.1) is 13.2 Å². The van der Waals surface area contributed by atoms with Crippen LogP contribution in [0.15, 0.2) is 0 Å². The van der Waals surface area contributed by atoms with E-state index in [1.165, 1.54) is 24.2 Å². The van der Waals surface area contributed by atoms with Gasteiger partial charge in [-0.3, -0.25) is 4.79 Å². The molecule has 4 bridgehead atoms. The van der Waals surface area contributed by atoms with E-state index in [1.807, 2.05) is 0 Å². The predicted molar refractivity (Wildman–Crippen MR) is 96.0 cm³/mol. The van der Waals surface area contributed by atoms with E-state index < -0.39 is 12.1 Å². The fourth-order valence-corrected chi connectivity index (χ4v) is 6.02. The number of ether oxygens (including phenoxy) is 1. The number of rotatable bonds is 5. The first-order valence-electron chi connectivity index (χ1n) is 10.1. The number of nitrogens with zero attached hydrogens (tertiary/aromatic N) is 1. The van der Waals surface area contributed by atoms with Crippen LogP contribution in [0.1, 0.15) is 44.9 Å². The molecule has 5 rings (SSSR count). The third-order valence-electron chi connectivity index (χ3n) is 6.74. The standard InChI is InChI=1S/C19H29N3O5/c23-16(22-3-4-27-15(11-22)17(24)25)1-2-20-18(26)21-19-8-12-5-13(9-19)7-14(6-12)10-19/h12-15H,1-11H2,(H,24,25)(H2,20,21,26). The number of carbonyl (C=O) groups excluding carboxylic acids is 2. The Hall–Kier alpha value is -1.83. The molecule has 1 heterocycles. The molecule has 8 nitrogen and oxygen atoms in total. The molecule has 3 N–H and O–H groups in total. The van der Waals surface area contributed by atoms with Gasteiger partial charge in [-0.25, -0.2) is 9.59 Å². The number of hydrogen-bond donors (Lipinski definition) is 3. The third kappa shape index (κ3) is 4.05. The van der Waals surface area contributed by atoms with Gasteiger partial charge in [-0.2, -0.15) is 0 Å². The normalized spacial score (nSPS) is 37.1. The Morgan fingerprint density at radius 2 is 1.70 bits per heavy atom. The molecular formula is C19H29N3O5. The van der Waals surface area contributed by atoms with Crippen LogP contribution in [0.2, 0.25) is 0 Å². The first-order chi connectivity index (χ1) is 12.9. The Morgan fingerprint density at radius 3 is 2.30 bits per heavy atom. The number of urea groups is 1. The van der Waals surface area contributed by atoms with Crippen LogP contribution in [-0.4, -0.2) is 65.8 Å². The highest BCUT2D eigenvalue weighted by Crippen LogP contribution is 2.55. The molecule has 27 heavy (non-hydrogen) atoms. The summed E-state index contributed by atoms with van der Waals surface area (Å²) in [4.78, 5) is 37.1. The van der Waals surface area contributed by atoms with E-state index in [9.17, 15) is 14.4 Å². The minimum Gasteiger partial charge on any atom is -0.479 e. The lowest BCUT2D eigenvalue weighted by atomic mass is 9.53. The highest BCUT2D eigenvalue weighted by Gasteiger charge is 2.51. The molecule has 5 aliphatic rings. The molecule has 4 saturated carbocycles. The zero-order valence-electron chi connectivity index (χ0n) is 15.6. The van der Waals surface area contributed by atoms with Crippen LogP contribution in [0, 0.1) is 17.8 Å². The van der Waals surface area contributed by atoms with E-state index in [0.717, 1.165) is 37.0 Å². The summed E-state index contributed by atoms with van der Waals surface area (Å²) in [5.41, 5.74) is -0.0399. The van der Waals surface area contributed by atoms with Gasteiger partial charge in [-0.15, -0.1) is 0 Å². The van der Waals surface area contributed by atoms with Gasteiger partial charge in [-0.1, -0.05) is 0 Å². The fraction of sp³-hybridized carbons (Fsp3) is 0.842. The molecule has 0 aromatic heterocycles. The molecule has 1 unspecified atom stereocenters. The van der Waals surface area contributed by atoms with Gasteiger partial charge in [0.1, 0.15) is 0 Å². The van der Waals surface area contributed by atoms with E-state index in [0.29, 0.717) is 6.54 Å². The van der Waals surface area contributed by atoms with E-state index in [-0.39, 0.29) is 43.6 Å². The summed E-state index contributed by atoms with van der Waals surface area (Å²) < 4.78 is 5.12. The molecular weight excluding hydrogens is 350 g/mol. The Bertz CT molecular complexity index is 587. The van der Waals surface area contributed by atoms with Gasteiger partial charge in [0.15, 0.2) is 6.10 Å². The van der Waals surface area contributed by atoms with Gasteiger partial charge in [-0.05, 0) is 56.3 Å². The Morgan fingerprint density at radius 1 is 1.07 bits per heavy atom. The minimum absolute atomic E-state index is 0.0399. The average molecular weight is 379 g/mol. The molecule has 1 atom stereocenters. The summed E-state index contributed by atoms with van der Waals surface area (Å²) in [6.45, 7) is 0.935. The number of carbonyl (C=O) groups is 3. The van der Waals surface area contributed by atoms with E-state index in [2.05, 4.69) is 10.6 Å². The quantitative estimate of drug-likeness (QED) is 0.659. The molecule has 1 saturated heterocycles. The largest absolute Gasteiger partial charge is 0.479 e. The lowest BCUT2D eigenvalue weighted by molar-refractivity contribution is -0.159. The second-order valence-electron chi connectivity index (χ2n) is 8.87. The maximum Gasteiger partial charge on any atom is 0.334 e. The van der Waals surface area contributed by atoms with E-state index >= 15 is 0 Å². The second kappa shape index (κ2) is 7.30. The fourth-order valence-electron chi connectivity index (χ4n) is 6.02. The second-order valence-corrected chi connectivity index (χ2v) is 8.87. The molecule has 0 aromatic rings. The summed E-state index contributed by atoms with van der Waals surface area (Å²) in [5.74, 6) is 1.09. The molecule has 150 valence electrons. The van der Waals surface area contributed by atoms with Gasteiger partial charge < -0.3 is 25.4 Å². The smallest absolute Gasteiger partial charge is 0.334 e. The number of carboxylic acids is 1. The van der Waals surface area contributed by atoms with Crippen LogP contribution in [0.4, 0.5) is 4.79 Å². The van der Waals surface area contributed by atoms with Crippen LogP contribution in [0.25, 0.3) is 0 Å². The van der Waals surface area contributed by atoms with Crippen molar-refractivity contribution in [2.24, 2.45) is 17.8 Å². The van der Waals surface area contributed by atoms with E-state index in [1.54, 1.807) is 0 Å². The Kier molecular flexibility index (Phi) is 5.01. The van der Waals surface area contributed by atoms with Crippen molar-refractivity contribution in [2.45, 2.75) is 56.6 Å². The lowest BCUT2D eigenvalue weighted by Crippen LogP contribution is -2.61. The zero-order chi connectivity index (χ0) is 19.0. The van der Waals surface area contributed by atoms with Gasteiger partial charge in [0.25, 0.3) is 0 Å². The van der Waals surface area contributed by atoms with Gasteiger partial charge >= 0.3 is 12.0 Å². The summed E-state index contributed by atoms with van der Waals surface area (Å²) >= 11 is 0. The van der Waals surface area contributed by atoms with Crippen molar-refractivity contribution in [3.63, 3.8) is 0 Å². The maximum atomic E-state index is 12.4. The topological polar surface area (TPSA) is 108 Å². The van der Waals surface area contributed by atoms with Crippen molar-refractivity contribution >= 4 is 17.9 Å². The predicted octanol–water partition coefficient (Wildman–Crippen LogP) is 0.957. The average Bonchev–Trinajstić information content (AvgIpc) is 2.60. The third-order valence-corrected chi connectivity index (χ3v) is 6.74. The SMILES string of the molecule is O=C(NCCC(=O)N1CCOC(C(=O)O)C1)NC12CC3CC(CC(C3)C1)C2. The molecule has 4 aliphatic carbocycles. The van der Waals surface area contributed by atoms with Crippen LogP contribution >= 0.6 is 0 Å². The van der Waals surface area contributed by atoms with Gasteiger partial charge in [0.2, 0.25) is 5.91 Å². The summed E-state index contributed by atoms with van der Waals surface area (Å²) in [6, 6.07) is -0.185. The molecule has 5 fully saturated rings. The van der Waals surface area contributed by atoms with Crippen LogP contribution in [0.3, 0.4) is 0 Å². The van der Waals surface area contributed by atoms with Crippen molar-refractivity contribution in [2.75, 3.05) is 26.2 Å². The first kappa shape index (κ1) is 18.5. The number of amides is 3. The van der Waals surface area contributed by atoms with Crippen LogP contribution in [-0.2, 0) is 14.3 Å². The molecule has 3 amide bonds. The Labute approximate surface area is 159 Å². The van der Waals surface area contributed by atoms with Crippen molar-refractivity contribution in [3.05, 3.63) is 0 Å². The number of carboxylic acid groups (broad SMARTS) is 1. The minimum atomic E-state index is -1.06. The Balaban J connectivity index is 1.21. The highest BCUT2D eigenvalue weighted by molar-refractivity contribution is 5.80. The number of morpholine rings is 1. The van der Waals surface area contributed by atoms with Crippen LogP contribution < -0.4 is 10.6 Å². The first-order valence-corrected chi connectivity index (χ1v) is 10.1. The monoisotopic (exact) mass is 379 g/mol. The van der Waals surface area contributed by atoms with Crippen molar-refractivity contribution in [1.82, 2.24) is 15.5 Å². The molecule has 0 radical (unpaired) electrons. The number of hydrogen-bond acceptors (Lipinski definition) is 4. The van der Waals surface area contributed by atoms with Gasteiger partial charge in [0, 0.05) is 25.0 Å². The number of nitrogens with one attached hydrogen (secondary N) is 2. The number of aliphatic carboxylic acids is 1. The summed E-state index contributed by atoms with van der Waals surface area (Å²) in [6.07, 6.45) is 6.47. The summed E-state index contributed by atoms with van der Waals surface area (Å²) in [7, 11) is 0. The lowest BCUT2D eigenvalue weighted by Gasteiger charge is -2.56. The van der Waals surface area contributed by atoms with Crippen molar-refractivity contribution in [3.8, 4) is 0 Å². The molecule has 1 aliphatic heterocycles. The molecule has 0 aromatic carbocycles. The molecule has 8 heteroatoms.